The molecule has 3 aromatic rings. The fourth-order valence-corrected chi connectivity index (χ4v) is 6.92. The topological polar surface area (TPSA) is 92.1 Å². The number of carbonyl (C=O) groups excluding carboxylic acids is 2. The molecular formula is C37H47F2N3O5S. The van der Waals surface area contributed by atoms with Gasteiger partial charge in [0.15, 0.2) is 0 Å². The number of thioether (sulfide) groups is 1. The molecule has 0 aliphatic carbocycles. The highest BCUT2D eigenvalue weighted by Crippen LogP contribution is 2.42. The summed E-state index contributed by atoms with van der Waals surface area (Å²) in [6.45, 7) is 13.3. The predicted octanol–water partition coefficient (Wildman–Crippen LogP) is 7.86. The first-order chi connectivity index (χ1) is 22.5. The maximum Gasteiger partial charge on any atom is 0.410 e. The van der Waals surface area contributed by atoms with E-state index in [0.717, 1.165) is 23.4 Å². The van der Waals surface area contributed by atoms with Crippen molar-refractivity contribution in [3.05, 3.63) is 83.7 Å². The molecule has 1 aromatic heterocycles. The average molecular weight is 684 g/mol. The van der Waals surface area contributed by atoms with Crippen molar-refractivity contribution < 1.29 is 33.0 Å². The number of hydrogen-bond acceptors (Lipinski definition) is 5. The molecule has 48 heavy (non-hydrogen) atoms. The van der Waals surface area contributed by atoms with Crippen molar-refractivity contribution in [2.45, 2.75) is 72.6 Å². The van der Waals surface area contributed by atoms with Gasteiger partial charge in [-0.15, -0.1) is 0 Å². The van der Waals surface area contributed by atoms with Gasteiger partial charge in [0.1, 0.15) is 17.2 Å². The molecule has 2 heterocycles. The van der Waals surface area contributed by atoms with Crippen molar-refractivity contribution in [1.29, 1.82) is 0 Å². The smallest absolute Gasteiger partial charge is 0.410 e. The number of aliphatic carboxylic acids is 1. The van der Waals surface area contributed by atoms with Gasteiger partial charge >= 0.3 is 12.1 Å². The van der Waals surface area contributed by atoms with Crippen LogP contribution in [0.3, 0.4) is 0 Å². The highest BCUT2D eigenvalue weighted by molar-refractivity contribution is 7.99. The molecule has 8 nitrogen and oxygen atoms in total. The fourth-order valence-electron chi connectivity index (χ4n) is 6.12. The number of ether oxygens (including phenoxy) is 1. The van der Waals surface area contributed by atoms with E-state index in [2.05, 4.69) is 0 Å². The molecule has 0 saturated carbocycles. The highest BCUT2D eigenvalue weighted by atomic mass is 32.2. The Balaban J connectivity index is 1.76. The lowest BCUT2D eigenvalue weighted by Crippen LogP contribution is -2.46. The van der Waals surface area contributed by atoms with E-state index >= 15 is 4.39 Å². The minimum absolute atomic E-state index is 0.0343. The molecule has 2 aromatic carbocycles. The van der Waals surface area contributed by atoms with Gasteiger partial charge in [0.05, 0.1) is 18.2 Å². The summed E-state index contributed by atoms with van der Waals surface area (Å²) in [5.74, 6) is -1.86. The molecule has 1 aliphatic heterocycles. The first kappa shape index (κ1) is 37.0. The van der Waals surface area contributed by atoms with Gasteiger partial charge in [-0.2, -0.15) is 11.8 Å². The van der Waals surface area contributed by atoms with Crippen LogP contribution in [-0.4, -0.2) is 74.2 Å². The van der Waals surface area contributed by atoms with Crippen molar-refractivity contribution >= 4 is 29.7 Å². The van der Waals surface area contributed by atoms with Crippen LogP contribution >= 0.6 is 11.8 Å². The lowest BCUT2D eigenvalue weighted by molar-refractivity contribution is -0.137. The summed E-state index contributed by atoms with van der Waals surface area (Å²) in [5.41, 5.74) is 1.23. The largest absolute Gasteiger partial charge is 0.481 e. The van der Waals surface area contributed by atoms with Gasteiger partial charge in [0.25, 0.3) is 0 Å². The summed E-state index contributed by atoms with van der Waals surface area (Å²) < 4.78 is 37.1. The number of rotatable bonds is 12. The molecule has 2 amide bonds. The Morgan fingerprint density at radius 3 is 2.40 bits per heavy atom. The third-order valence-corrected chi connectivity index (χ3v) is 9.12. The van der Waals surface area contributed by atoms with Crippen LogP contribution in [0.1, 0.15) is 71.7 Å². The molecule has 0 radical (unpaired) electrons. The van der Waals surface area contributed by atoms with Crippen LogP contribution in [0.4, 0.5) is 13.6 Å². The number of carboxylic acid groups (broad SMARTS) is 1. The minimum atomic E-state index is -0.927. The molecule has 4 rings (SSSR count). The van der Waals surface area contributed by atoms with Crippen molar-refractivity contribution in [2.75, 3.05) is 31.1 Å². The molecule has 0 spiro atoms. The molecule has 1 N–H and O–H groups in total. The summed E-state index contributed by atoms with van der Waals surface area (Å²) in [6, 6.07) is 14.5. The molecule has 260 valence electrons. The van der Waals surface area contributed by atoms with Gasteiger partial charge in [-0.05, 0) is 68.4 Å². The Morgan fingerprint density at radius 2 is 1.75 bits per heavy atom. The Labute approximate surface area is 286 Å². The van der Waals surface area contributed by atoms with Crippen LogP contribution in [-0.2, 0) is 20.9 Å². The van der Waals surface area contributed by atoms with Crippen LogP contribution in [0.5, 0.6) is 0 Å². The second kappa shape index (κ2) is 15.6. The van der Waals surface area contributed by atoms with Crippen molar-refractivity contribution in [3.63, 3.8) is 0 Å². The quantitative estimate of drug-likeness (QED) is 0.196. The lowest BCUT2D eigenvalue weighted by Gasteiger charge is -2.42. The number of benzene rings is 2. The lowest BCUT2D eigenvalue weighted by atomic mass is 9.82. The molecule has 1 fully saturated rings. The molecular weight excluding hydrogens is 636 g/mol. The zero-order valence-corrected chi connectivity index (χ0v) is 29.5. The van der Waals surface area contributed by atoms with Crippen molar-refractivity contribution in [3.8, 4) is 11.1 Å². The number of halogens is 2. The van der Waals surface area contributed by atoms with Crippen LogP contribution in [0.2, 0.25) is 0 Å². The number of carbonyl (C=O) groups is 3. The SMILES string of the molecule is CC(C)(C)OC(=O)N1CC[C@H](CN(C(=O)CSCCC(=O)O)C(c2cc(-c3cc(F)ccc3F)cn2Cc2ccccc2)C(C)(C)C)C1. The number of likely N-dealkylation sites (tertiary alicyclic amines) is 1. The molecule has 1 unspecified atom stereocenters. The van der Waals surface area contributed by atoms with Gasteiger partial charge in [-0.3, -0.25) is 9.59 Å². The monoisotopic (exact) mass is 683 g/mol. The highest BCUT2D eigenvalue weighted by Gasteiger charge is 2.40. The van der Waals surface area contributed by atoms with E-state index in [4.69, 9.17) is 9.84 Å². The van der Waals surface area contributed by atoms with E-state index < -0.39 is 40.8 Å². The van der Waals surface area contributed by atoms with Gasteiger partial charge in [0.2, 0.25) is 5.91 Å². The predicted molar refractivity (Wildman–Crippen MR) is 185 cm³/mol. The number of amides is 2. The van der Waals surface area contributed by atoms with E-state index in [9.17, 15) is 18.8 Å². The van der Waals surface area contributed by atoms with Gasteiger partial charge in [-0.1, -0.05) is 51.1 Å². The first-order valence-electron chi connectivity index (χ1n) is 16.3. The second-order valence-electron chi connectivity index (χ2n) is 14.5. The number of carboxylic acids is 1. The third kappa shape index (κ3) is 10.1. The molecule has 1 saturated heterocycles. The fraction of sp³-hybridized carbons (Fsp3) is 0.486. The summed E-state index contributed by atoms with van der Waals surface area (Å²) in [7, 11) is 0. The second-order valence-corrected chi connectivity index (χ2v) is 15.6. The van der Waals surface area contributed by atoms with Crippen LogP contribution in [0.25, 0.3) is 11.1 Å². The average Bonchev–Trinajstić information content (AvgIpc) is 3.62. The summed E-state index contributed by atoms with van der Waals surface area (Å²) in [4.78, 5) is 41.8. The Kier molecular flexibility index (Phi) is 12.0. The summed E-state index contributed by atoms with van der Waals surface area (Å²) in [5, 5.41) is 9.14. The first-order valence-corrected chi connectivity index (χ1v) is 17.4. The van der Waals surface area contributed by atoms with Crippen LogP contribution in [0, 0.1) is 23.0 Å². The standard InChI is InChI=1S/C37H47F2N3O5S/c1-36(2,3)34(31-18-27(29-19-28(38)12-13-30(29)39)23-41(31)20-25-10-8-7-9-11-25)42(32(43)24-48-17-15-33(44)45)22-26-14-16-40(21-26)35(46)47-37(4,5)6/h7-13,18-19,23,26,34H,14-17,20-22,24H2,1-6H3,(H,44,45)/t26-,34?/m0/s1. The van der Waals surface area contributed by atoms with Gasteiger partial charge in [0, 0.05) is 54.9 Å². The van der Waals surface area contributed by atoms with E-state index in [1.54, 1.807) is 4.90 Å². The Bertz CT molecular complexity index is 1580. The van der Waals surface area contributed by atoms with Crippen LogP contribution < -0.4 is 0 Å². The molecule has 0 bridgehead atoms. The van der Waals surface area contributed by atoms with E-state index in [-0.39, 0.29) is 29.6 Å². The zero-order chi connectivity index (χ0) is 35.2. The van der Waals surface area contributed by atoms with E-state index in [1.165, 1.54) is 17.8 Å². The zero-order valence-electron chi connectivity index (χ0n) is 28.7. The van der Waals surface area contributed by atoms with Crippen molar-refractivity contribution in [1.82, 2.24) is 14.4 Å². The molecule has 1 aliphatic rings. The van der Waals surface area contributed by atoms with Crippen molar-refractivity contribution in [2.24, 2.45) is 11.3 Å². The summed E-state index contributed by atoms with van der Waals surface area (Å²) in [6.07, 6.45) is 2.04. The number of hydrogen-bond donors (Lipinski definition) is 1. The maximum absolute atomic E-state index is 15.1. The van der Waals surface area contributed by atoms with Crippen LogP contribution in [0.15, 0.2) is 60.8 Å². The summed E-state index contributed by atoms with van der Waals surface area (Å²) >= 11 is 1.27. The Morgan fingerprint density at radius 1 is 1.04 bits per heavy atom. The van der Waals surface area contributed by atoms with E-state index in [1.807, 2.05) is 93.6 Å². The number of nitrogens with zero attached hydrogens (tertiary/aromatic N) is 3. The Hall–Kier alpha value is -3.86. The maximum atomic E-state index is 15.1. The minimum Gasteiger partial charge on any atom is -0.481 e. The van der Waals surface area contributed by atoms with Gasteiger partial charge in [-0.25, -0.2) is 13.6 Å². The molecule has 11 heteroatoms. The van der Waals surface area contributed by atoms with Gasteiger partial charge < -0.3 is 24.2 Å². The number of aromatic nitrogens is 1. The molecule has 2 atom stereocenters. The van der Waals surface area contributed by atoms with E-state index in [0.29, 0.717) is 43.9 Å². The third-order valence-electron chi connectivity index (χ3n) is 8.18. The normalized spacial score (nSPS) is 15.8.